The van der Waals surface area contributed by atoms with Crippen LogP contribution >= 0.6 is 23.2 Å². The fraction of sp³-hybridized carbons (Fsp3) is 0.263. The van der Waals surface area contributed by atoms with Gasteiger partial charge in [-0.2, -0.15) is 4.31 Å². The minimum atomic E-state index is -3.87. The first kappa shape index (κ1) is 21.6. The molecule has 0 aromatic heterocycles. The van der Waals surface area contributed by atoms with Gasteiger partial charge in [-0.3, -0.25) is 9.59 Å². The normalized spacial score (nSPS) is 14.5. The second-order valence-electron chi connectivity index (χ2n) is 6.58. The van der Waals surface area contributed by atoms with E-state index in [1.165, 1.54) is 31.3 Å². The van der Waals surface area contributed by atoms with Crippen LogP contribution in [0.4, 0.5) is 11.4 Å². The summed E-state index contributed by atoms with van der Waals surface area (Å²) in [5, 5.41) is 3.21. The van der Waals surface area contributed by atoms with E-state index in [2.05, 4.69) is 5.32 Å². The van der Waals surface area contributed by atoms with Crippen LogP contribution in [0.15, 0.2) is 47.4 Å². The number of amides is 2. The standard InChI is InChI=1S/C19H19Cl2N3O4S/c1-23(12-18(25)22-13-4-9-16(20)17(21)11-13)29(27,28)15-7-5-14(6-8-15)24-10-2-3-19(24)26/h4-9,11H,2-3,10,12H2,1H3,(H,22,25). The van der Waals surface area contributed by atoms with E-state index in [0.717, 1.165) is 10.7 Å². The molecule has 1 N–H and O–H groups in total. The smallest absolute Gasteiger partial charge is 0.243 e. The maximum Gasteiger partial charge on any atom is 0.243 e. The van der Waals surface area contributed by atoms with Gasteiger partial charge in [-0.05, 0) is 48.9 Å². The zero-order chi connectivity index (χ0) is 21.2. The van der Waals surface area contributed by atoms with Crippen molar-refractivity contribution in [3.8, 4) is 0 Å². The lowest BCUT2D eigenvalue weighted by Crippen LogP contribution is -2.35. The van der Waals surface area contributed by atoms with Crippen molar-refractivity contribution >= 4 is 56.4 Å². The van der Waals surface area contributed by atoms with E-state index < -0.39 is 15.9 Å². The quantitative estimate of drug-likeness (QED) is 0.722. The molecule has 3 rings (SSSR count). The fourth-order valence-corrected chi connectivity index (χ4v) is 4.39. The Kier molecular flexibility index (Phi) is 6.48. The fourth-order valence-electron chi connectivity index (χ4n) is 2.96. The van der Waals surface area contributed by atoms with Gasteiger partial charge in [0, 0.05) is 31.4 Å². The Morgan fingerprint density at radius 3 is 2.41 bits per heavy atom. The van der Waals surface area contributed by atoms with Gasteiger partial charge in [0.2, 0.25) is 21.8 Å². The number of likely N-dealkylation sites (N-methyl/N-ethyl adjacent to an activating group) is 1. The highest BCUT2D eigenvalue weighted by Crippen LogP contribution is 2.26. The Bertz CT molecular complexity index is 1040. The van der Waals surface area contributed by atoms with Crippen LogP contribution in [-0.4, -0.2) is 44.7 Å². The number of nitrogens with zero attached hydrogens (tertiary/aromatic N) is 2. The molecule has 7 nitrogen and oxygen atoms in total. The molecule has 0 bridgehead atoms. The molecule has 1 aliphatic rings. The molecule has 1 saturated heterocycles. The summed E-state index contributed by atoms with van der Waals surface area (Å²) in [7, 11) is -2.55. The van der Waals surface area contributed by atoms with Gasteiger partial charge in [0.1, 0.15) is 0 Å². The summed E-state index contributed by atoms with van der Waals surface area (Å²) >= 11 is 11.7. The van der Waals surface area contributed by atoms with Crippen molar-refractivity contribution in [1.29, 1.82) is 0 Å². The van der Waals surface area contributed by atoms with Crippen molar-refractivity contribution in [2.45, 2.75) is 17.7 Å². The van der Waals surface area contributed by atoms with Gasteiger partial charge >= 0.3 is 0 Å². The van der Waals surface area contributed by atoms with Crippen LogP contribution in [0.2, 0.25) is 10.0 Å². The molecule has 1 heterocycles. The minimum Gasteiger partial charge on any atom is -0.325 e. The summed E-state index contributed by atoms with van der Waals surface area (Å²) in [5.74, 6) is -0.495. The third-order valence-electron chi connectivity index (χ3n) is 4.50. The number of halogens is 2. The predicted octanol–water partition coefficient (Wildman–Crippen LogP) is 3.38. The Hall–Kier alpha value is -2.13. The van der Waals surface area contributed by atoms with E-state index in [-0.39, 0.29) is 22.4 Å². The lowest BCUT2D eigenvalue weighted by Gasteiger charge is -2.19. The van der Waals surface area contributed by atoms with Crippen molar-refractivity contribution in [3.05, 3.63) is 52.5 Å². The molecule has 10 heteroatoms. The van der Waals surface area contributed by atoms with E-state index in [9.17, 15) is 18.0 Å². The largest absolute Gasteiger partial charge is 0.325 e. The second-order valence-corrected chi connectivity index (χ2v) is 9.44. The molecule has 1 aliphatic heterocycles. The highest BCUT2D eigenvalue weighted by atomic mass is 35.5. The minimum absolute atomic E-state index is 0.0247. The molecule has 2 aromatic carbocycles. The van der Waals surface area contributed by atoms with Crippen molar-refractivity contribution in [3.63, 3.8) is 0 Å². The van der Waals surface area contributed by atoms with E-state index in [1.54, 1.807) is 23.1 Å². The molecule has 0 saturated carbocycles. The lowest BCUT2D eigenvalue weighted by atomic mass is 10.3. The Labute approximate surface area is 179 Å². The molecule has 0 spiro atoms. The van der Waals surface area contributed by atoms with E-state index in [1.807, 2.05) is 0 Å². The molecule has 0 radical (unpaired) electrons. The van der Waals surface area contributed by atoms with Gasteiger partial charge < -0.3 is 10.2 Å². The molecule has 0 aliphatic carbocycles. The first-order chi connectivity index (χ1) is 13.7. The third kappa shape index (κ3) is 4.90. The third-order valence-corrected chi connectivity index (χ3v) is 7.06. The summed E-state index contributed by atoms with van der Waals surface area (Å²) in [6.07, 6.45) is 1.28. The van der Waals surface area contributed by atoms with Gasteiger partial charge in [-0.1, -0.05) is 23.2 Å². The monoisotopic (exact) mass is 455 g/mol. The first-order valence-electron chi connectivity index (χ1n) is 8.80. The van der Waals surface area contributed by atoms with Crippen molar-refractivity contribution < 1.29 is 18.0 Å². The molecule has 2 aromatic rings. The summed E-state index contributed by atoms with van der Waals surface area (Å²) in [4.78, 5) is 25.7. The molecule has 0 atom stereocenters. The molecular weight excluding hydrogens is 437 g/mol. The van der Waals surface area contributed by atoms with Gasteiger partial charge in [0.25, 0.3) is 0 Å². The average Bonchev–Trinajstić information content (AvgIpc) is 3.10. The van der Waals surface area contributed by atoms with Gasteiger partial charge in [0.05, 0.1) is 21.5 Å². The number of carbonyl (C=O) groups is 2. The SMILES string of the molecule is CN(CC(=O)Nc1ccc(Cl)c(Cl)c1)S(=O)(=O)c1ccc(N2CCCC2=O)cc1. The Morgan fingerprint density at radius 1 is 1.14 bits per heavy atom. The van der Waals surface area contributed by atoms with Crippen LogP contribution in [-0.2, 0) is 19.6 Å². The topological polar surface area (TPSA) is 86.8 Å². The molecule has 0 unspecified atom stereocenters. The zero-order valence-electron chi connectivity index (χ0n) is 15.6. The maximum atomic E-state index is 12.7. The van der Waals surface area contributed by atoms with Gasteiger partial charge in [-0.25, -0.2) is 8.42 Å². The molecule has 1 fully saturated rings. The van der Waals surface area contributed by atoms with Crippen LogP contribution in [0.3, 0.4) is 0 Å². The van der Waals surface area contributed by atoms with E-state index in [0.29, 0.717) is 29.4 Å². The predicted molar refractivity (Wildman–Crippen MR) is 113 cm³/mol. The summed E-state index contributed by atoms with van der Waals surface area (Å²) in [5.41, 5.74) is 1.07. The number of sulfonamides is 1. The number of nitrogens with one attached hydrogen (secondary N) is 1. The summed E-state index contributed by atoms with van der Waals surface area (Å²) in [6.45, 7) is 0.245. The molecular formula is C19H19Cl2N3O4S. The number of benzene rings is 2. The number of hydrogen-bond donors (Lipinski definition) is 1. The van der Waals surface area contributed by atoms with E-state index in [4.69, 9.17) is 23.2 Å². The Morgan fingerprint density at radius 2 is 1.83 bits per heavy atom. The van der Waals surface area contributed by atoms with Crippen LogP contribution in [0.25, 0.3) is 0 Å². The summed E-state index contributed by atoms with van der Waals surface area (Å²) in [6, 6.07) is 10.6. The zero-order valence-corrected chi connectivity index (χ0v) is 17.9. The number of rotatable bonds is 6. The average molecular weight is 456 g/mol. The number of carbonyl (C=O) groups excluding carboxylic acids is 2. The van der Waals surface area contributed by atoms with Crippen molar-refractivity contribution in [2.75, 3.05) is 30.4 Å². The maximum absolute atomic E-state index is 12.7. The van der Waals surface area contributed by atoms with Gasteiger partial charge in [-0.15, -0.1) is 0 Å². The van der Waals surface area contributed by atoms with Crippen molar-refractivity contribution in [2.24, 2.45) is 0 Å². The highest BCUT2D eigenvalue weighted by molar-refractivity contribution is 7.89. The molecule has 154 valence electrons. The van der Waals surface area contributed by atoms with Crippen LogP contribution in [0, 0.1) is 0 Å². The Balaban J connectivity index is 1.67. The second kappa shape index (κ2) is 8.71. The number of anilines is 2. The van der Waals surface area contributed by atoms with Crippen molar-refractivity contribution in [1.82, 2.24) is 4.31 Å². The highest BCUT2D eigenvalue weighted by Gasteiger charge is 2.25. The molecule has 2 amide bonds. The lowest BCUT2D eigenvalue weighted by molar-refractivity contribution is -0.117. The number of hydrogen-bond acceptors (Lipinski definition) is 4. The van der Waals surface area contributed by atoms with Crippen LogP contribution < -0.4 is 10.2 Å². The first-order valence-corrected chi connectivity index (χ1v) is 11.0. The van der Waals surface area contributed by atoms with Crippen LogP contribution in [0.5, 0.6) is 0 Å². The molecule has 29 heavy (non-hydrogen) atoms. The van der Waals surface area contributed by atoms with Crippen LogP contribution in [0.1, 0.15) is 12.8 Å². The van der Waals surface area contributed by atoms with E-state index >= 15 is 0 Å². The summed E-state index contributed by atoms with van der Waals surface area (Å²) < 4.78 is 26.4. The van der Waals surface area contributed by atoms with Gasteiger partial charge in [0.15, 0.2) is 0 Å².